The van der Waals surface area contributed by atoms with Gasteiger partial charge in [-0.1, -0.05) is 51.4 Å². The van der Waals surface area contributed by atoms with Crippen molar-refractivity contribution >= 4 is 17.7 Å². The Kier molecular flexibility index (Phi) is 9.69. The van der Waals surface area contributed by atoms with E-state index in [1.54, 1.807) is 26.8 Å². The van der Waals surface area contributed by atoms with Gasteiger partial charge >= 0.3 is 11.9 Å². The molecule has 0 amide bonds. The average molecular weight is 490 g/mol. The van der Waals surface area contributed by atoms with Crippen molar-refractivity contribution in [3.8, 4) is 0 Å². The summed E-state index contributed by atoms with van der Waals surface area (Å²) >= 11 is 0. The molecule has 0 heterocycles. The molecule has 0 saturated heterocycles. The van der Waals surface area contributed by atoms with Crippen LogP contribution in [0.3, 0.4) is 0 Å². The Morgan fingerprint density at radius 1 is 1.29 bits per heavy atom. The number of allylic oxidation sites excluding steroid dienone is 2. The number of azide groups is 1. The lowest BCUT2D eigenvalue weighted by molar-refractivity contribution is -0.206. The number of rotatable bonds is 9. The summed E-state index contributed by atoms with van der Waals surface area (Å²) < 4.78 is 11.5. The van der Waals surface area contributed by atoms with E-state index in [1.807, 2.05) is 27.7 Å². The van der Waals surface area contributed by atoms with Crippen LogP contribution < -0.4 is 0 Å². The minimum absolute atomic E-state index is 0.0763. The molecule has 0 radical (unpaired) electrons. The van der Waals surface area contributed by atoms with Gasteiger partial charge in [0.25, 0.3) is 0 Å². The van der Waals surface area contributed by atoms with Crippen molar-refractivity contribution < 1.29 is 29.0 Å². The summed E-state index contributed by atoms with van der Waals surface area (Å²) in [7, 11) is 0. The highest BCUT2D eigenvalue weighted by Gasteiger charge is 2.65. The van der Waals surface area contributed by atoms with E-state index in [-0.39, 0.29) is 24.0 Å². The Labute approximate surface area is 207 Å². The predicted molar refractivity (Wildman–Crippen MR) is 131 cm³/mol. The minimum atomic E-state index is -1.90. The van der Waals surface area contributed by atoms with Crippen LogP contribution in [0.1, 0.15) is 67.7 Å². The average Bonchev–Trinajstić information content (AvgIpc) is 3.10. The summed E-state index contributed by atoms with van der Waals surface area (Å²) in [5.74, 6) is -3.36. The lowest BCUT2D eigenvalue weighted by atomic mass is 9.60. The summed E-state index contributed by atoms with van der Waals surface area (Å²) in [5, 5.41) is 15.7. The molecule has 2 aliphatic carbocycles. The number of carbonyl (C=O) groups is 3. The number of ketones is 1. The zero-order valence-corrected chi connectivity index (χ0v) is 21.9. The second kappa shape index (κ2) is 11.9. The Hall–Kier alpha value is -2.64. The molecular weight excluding hydrogens is 450 g/mol. The van der Waals surface area contributed by atoms with Crippen LogP contribution in [-0.2, 0) is 23.9 Å². The van der Waals surface area contributed by atoms with Crippen LogP contribution in [0.5, 0.6) is 0 Å². The van der Waals surface area contributed by atoms with Gasteiger partial charge in [0.1, 0.15) is 11.7 Å². The molecule has 9 heteroatoms. The second-order valence-electron chi connectivity index (χ2n) is 10.1. The number of Topliss-reactive ketones (excluding diaryl/α,β-unsaturated/α-hetero) is 1. The molecule has 7 atom stereocenters. The van der Waals surface area contributed by atoms with Crippen LogP contribution in [0.25, 0.3) is 10.4 Å². The number of fused-ring (bicyclic) bond motifs is 1. The standard InChI is InChI=1S/C26H39N3O6/c1-8-15(6)11-20(30)34-19-12-18(14(4)5)21-17(10-3)23(31)24(35-25(32)16(7)9-2)22(21)26(19,33)13-28-29-27/h10-11,14,16,18-19,21-22,24,33H,8-9,12-13H2,1-7H3/b15-11+,17-10-/t16?,18-,19+,21-,22-,24-,26?/m0/s1. The molecule has 2 fully saturated rings. The van der Waals surface area contributed by atoms with Crippen molar-refractivity contribution in [2.75, 3.05) is 6.54 Å². The maximum atomic E-state index is 13.5. The molecule has 0 spiro atoms. The van der Waals surface area contributed by atoms with E-state index < -0.39 is 54.0 Å². The highest BCUT2D eigenvalue weighted by Crippen LogP contribution is 2.55. The molecule has 2 rings (SSSR count). The Balaban J connectivity index is 2.65. The van der Waals surface area contributed by atoms with Crippen LogP contribution >= 0.6 is 0 Å². The fourth-order valence-corrected chi connectivity index (χ4v) is 5.29. The number of nitrogens with zero attached hydrogens (tertiary/aromatic N) is 3. The maximum absolute atomic E-state index is 13.5. The summed E-state index contributed by atoms with van der Waals surface area (Å²) in [6.45, 7) is 12.6. The van der Waals surface area contributed by atoms with Crippen LogP contribution in [0.4, 0.5) is 0 Å². The quantitative estimate of drug-likeness (QED) is 0.164. The summed E-state index contributed by atoms with van der Waals surface area (Å²) in [5.41, 5.74) is 8.45. The van der Waals surface area contributed by atoms with Crippen molar-refractivity contribution in [1.82, 2.24) is 0 Å². The topological polar surface area (TPSA) is 139 Å². The minimum Gasteiger partial charge on any atom is -0.456 e. The van der Waals surface area contributed by atoms with Gasteiger partial charge in [-0.25, -0.2) is 4.79 Å². The molecule has 0 aromatic carbocycles. The number of aliphatic hydroxyl groups is 1. The number of hydrogen-bond donors (Lipinski definition) is 1. The number of esters is 2. The van der Waals surface area contributed by atoms with Crippen LogP contribution in [0.15, 0.2) is 28.4 Å². The Morgan fingerprint density at radius 3 is 2.46 bits per heavy atom. The van der Waals surface area contributed by atoms with Gasteiger partial charge in [-0.2, -0.15) is 0 Å². The first-order chi connectivity index (χ1) is 16.5. The molecule has 0 bridgehead atoms. The van der Waals surface area contributed by atoms with Gasteiger partial charge in [-0.15, -0.1) is 0 Å². The van der Waals surface area contributed by atoms with Crippen molar-refractivity contribution in [3.05, 3.63) is 33.7 Å². The first kappa shape index (κ1) is 28.6. The third kappa shape index (κ3) is 5.78. The molecule has 2 aliphatic rings. The fourth-order valence-electron chi connectivity index (χ4n) is 5.29. The van der Waals surface area contributed by atoms with Crippen molar-refractivity contribution in [1.29, 1.82) is 0 Å². The lowest BCUT2D eigenvalue weighted by Gasteiger charge is -2.51. The first-order valence-electron chi connectivity index (χ1n) is 12.5. The van der Waals surface area contributed by atoms with E-state index in [0.717, 1.165) is 5.57 Å². The zero-order valence-electron chi connectivity index (χ0n) is 21.9. The van der Waals surface area contributed by atoms with Gasteiger partial charge in [-0.3, -0.25) is 9.59 Å². The van der Waals surface area contributed by atoms with E-state index in [4.69, 9.17) is 15.0 Å². The van der Waals surface area contributed by atoms with E-state index >= 15 is 0 Å². The monoisotopic (exact) mass is 489 g/mol. The first-order valence-corrected chi connectivity index (χ1v) is 12.5. The summed E-state index contributed by atoms with van der Waals surface area (Å²) in [6.07, 6.45) is 2.24. The van der Waals surface area contributed by atoms with Gasteiger partial charge in [0.05, 0.1) is 12.5 Å². The summed E-state index contributed by atoms with van der Waals surface area (Å²) in [4.78, 5) is 41.8. The zero-order chi connectivity index (χ0) is 26.5. The van der Waals surface area contributed by atoms with Crippen LogP contribution in [0, 0.1) is 29.6 Å². The predicted octanol–water partition coefficient (Wildman–Crippen LogP) is 4.69. The van der Waals surface area contributed by atoms with Crippen molar-refractivity contribution in [2.24, 2.45) is 34.7 Å². The van der Waals surface area contributed by atoms with Crippen LogP contribution in [-0.4, -0.2) is 47.2 Å². The van der Waals surface area contributed by atoms with Crippen LogP contribution in [0.2, 0.25) is 0 Å². The largest absolute Gasteiger partial charge is 0.456 e. The molecule has 194 valence electrons. The van der Waals surface area contributed by atoms with E-state index in [1.165, 1.54) is 6.08 Å². The van der Waals surface area contributed by atoms with Crippen molar-refractivity contribution in [3.63, 3.8) is 0 Å². The Bertz CT molecular complexity index is 935. The number of hydrogen-bond acceptors (Lipinski definition) is 7. The maximum Gasteiger partial charge on any atom is 0.331 e. The fraction of sp³-hybridized carbons (Fsp3) is 0.731. The normalized spacial score (nSPS) is 32.7. The van der Waals surface area contributed by atoms with E-state index in [9.17, 15) is 19.5 Å². The molecule has 2 unspecified atom stereocenters. The van der Waals surface area contributed by atoms with E-state index in [2.05, 4.69) is 10.0 Å². The Morgan fingerprint density at radius 2 is 1.94 bits per heavy atom. The van der Waals surface area contributed by atoms with Gasteiger partial charge < -0.3 is 14.6 Å². The molecule has 2 saturated carbocycles. The SMILES string of the molecule is C/C=C1\C(=O)[C@@H](OC(=O)C(C)CC)[C@@H]2[C@@H]1[C@H](C(C)C)C[C@@H](OC(=O)/C=C(\C)CC)C2(O)CN=[N+]=[N-]. The van der Waals surface area contributed by atoms with Gasteiger partial charge in [0.2, 0.25) is 0 Å². The smallest absolute Gasteiger partial charge is 0.331 e. The van der Waals surface area contributed by atoms with E-state index in [0.29, 0.717) is 18.4 Å². The number of carbonyl (C=O) groups excluding carboxylic acids is 3. The molecule has 0 aliphatic heterocycles. The molecular formula is C26H39N3O6. The molecule has 0 aromatic heterocycles. The van der Waals surface area contributed by atoms with Gasteiger partial charge in [0.15, 0.2) is 11.9 Å². The third-order valence-electron chi connectivity index (χ3n) is 7.69. The highest BCUT2D eigenvalue weighted by molar-refractivity contribution is 6.03. The third-order valence-corrected chi connectivity index (χ3v) is 7.69. The molecule has 0 aromatic rings. The van der Waals surface area contributed by atoms with Gasteiger partial charge in [0, 0.05) is 22.8 Å². The van der Waals surface area contributed by atoms with Crippen molar-refractivity contribution in [2.45, 2.75) is 85.5 Å². The van der Waals surface area contributed by atoms with Gasteiger partial charge in [-0.05, 0) is 56.0 Å². The molecule has 1 N–H and O–H groups in total. The summed E-state index contributed by atoms with van der Waals surface area (Å²) in [6, 6.07) is 0. The second-order valence-corrected chi connectivity index (χ2v) is 10.1. The highest BCUT2D eigenvalue weighted by atomic mass is 16.6. The molecule has 9 nitrogen and oxygen atoms in total. The number of ether oxygens (including phenoxy) is 2. The molecule has 35 heavy (non-hydrogen) atoms. The lowest BCUT2D eigenvalue weighted by Crippen LogP contribution is -2.63.